The first-order valence-electron chi connectivity index (χ1n) is 4.35. The maximum Gasteiger partial charge on any atom is 0.249 e. The number of hydrogen-bond acceptors (Lipinski definition) is 1. The molecule has 1 aromatic heterocycles. The quantitative estimate of drug-likeness (QED) is 0.695. The summed E-state index contributed by atoms with van der Waals surface area (Å²) in [5, 5.41) is 0.699. The first-order chi connectivity index (χ1) is 7.59. The maximum atomic E-state index is 13.5. The molecule has 0 spiro atoms. The molecule has 0 saturated carbocycles. The first kappa shape index (κ1) is 11.3. The molecule has 0 N–H and O–H groups in total. The van der Waals surface area contributed by atoms with E-state index in [4.69, 9.17) is 23.2 Å². The van der Waals surface area contributed by atoms with Gasteiger partial charge in [-0.25, -0.2) is 9.37 Å². The lowest BCUT2D eigenvalue weighted by molar-refractivity contribution is 0.482. The maximum absolute atomic E-state index is 13.5. The van der Waals surface area contributed by atoms with Gasteiger partial charge in [0.25, 0.3) is 0 Å². The molecule has 1 heterocycles. The van der Waals surface area contributed by atoms with Crippen molar-refractivity contribution >= 4 is 23.2 Å². The normalized spacial score (nSPS) is 10.5. The summed E-state index contributed by atoms with van der Waals surface area (Å²) in [5.41, 5.74) is 0.382. The Morgan fingerprint density at radius 3 is 2.50 bits per heavy atom. The van der Waals surface area contributed by atoms with Gasteiger partial charge >= 0.3 is 0 Å². The van der Waals surface area contributed by atoms with Gasteiger partial charge in [-0.2, -0.15) is 4.39 Å². The number of benzene rings is 1. The predicted octanol–water partition coefficient (Wildman–Crippen LogP) is 4.33. The van der Waals surface area contributed by atoms with Crippen molar-refractivity contribution in [3.8, 4) is 11.1 Å². The highest BCUT2D eigenvalue weighted by atomic mass is 35.5. The fourth-order valence-corrected chi connectivity index (χ4v) is 1.72. The Balaban J connectivity index is 2.67. The van der Waals surface area contributed by atoms with Crippen molar-refractivity contribution in [2.75, 3.05) is 0 Å². The van der Waals surface area contributed by atoms with Gasteiger partial charge in [-0.15, -0.1) is 0 Å². The van der Waals surface area contributed by atoms with E-state index in [0.717, 1.165) is 0 Å². The lowest BCUT2D eigenvalue weighted by atomic mass is 10.1. The van der Waals surface area contributed by atoms with Crippen LogP contribution in [0, 0.1) is 11.8 Å². The first-order valence-corrected chi connectivity index (χ1v) is 5.10. The highest BCUT2D eigenvalue weighted by Gasteiger charge is 2.13. The largest absolute Gasteiger partial charge is 0.249 e. The van der Waals surface area contributed by atoms with Crippen molar-refractivity contribution in [2.24, 2.45) is 0 Å². The zero-order chi connectivity index (χ0) is 11.7. The van der Waals surface area contributed by atoms with Gasteiger partial charge in [0.1, 0.15) is 0 Å². The minimum atomic E-state index is -1.16. The molecular weight excluding hydrogens is 255 g/mol. The fourth-order valence-electron chi connectivity index (χ4n) is 1.33. The van der Waals surface area contributed by atoms with Crippen LogP contribution in [0.4, 0.5) is 8.78 Å². The SMILES string of the molecule is Fc1nccc(-c2cc(Cl)ccc2Cl)c1F. The van der Waals surface area contributed by atoms with Gasteiger partial charge in [0.15, 0.2) is 5.82 Å². The molecule has 0 bridgehead atoms. The van der Waals surface area contributed by atoms with Crippen molar-refractivity contribution in [3.05, 3.63) is 52.3 Å². The number of nitrogens with zero attached hydrogens (tertiary/aromatic N) is 1. The molecule has 5 heteroatoms. The summed E-state index contributed by atoms with van der Waals surface area (Å²) in [6, 6.07) is 5.91. The summed E-state index contributed by atoms with van der Waals surface area (Å²) in [4.78, 5) is 3.20. The third kappa shape index (κ3) is 2.01. The summed E-state index contributed by atoms with van der Waals surface area (Å²) in [6.45, 7) is 0. The van der Waals surface area contributed by atoms with E-state index < -0.39 is 11.8 Å². The second kappa shape index (κ2) is 4.36. The molecule has 0 saturated heterocycles. The van der Waals surface area contributed by atoms with E-state index in [1.165, 1.54) is 24.4 Å². The zero-order valence-electron chi connectivity index (χ0n) is 7.85. The Bertz CT molecular complexity index is 544. The summed E-state index contributed by atoms with van der Waals surface area (Å²) in [5.74, 6) is -2.19. The van der Waals surface area contributed by atoms with Crippen LogP contribution in [-0.2, 0) is 0 Å². The molecule has 1 aromatic carbocycles. The third-order valence-electron chi connectivity index (χ3n) is 2.07. The van der Waals surface area contributed by atoms with Crippen LogP contribution in [0.5, 0.6) is 0 Å². The number of hydrogen-bond donors (Lipinski definition) is 0. The Kier molecular flexibility index (Phi) is 3.08. The smallest absolute Gasteiger partial charge is 0.226 e. The lowest BCUT2D eigenvalue weighted by Crippen LogP contribution is -1.93. The van der Waals surface area contributed by atoms with Crippen molar-refractivity contribution < 1.29 is 8.78 Å². The summed E-state index contributed by atoms with van der Waals surface area (Å²) >= 11 is 11.7. The van der Waals surface area contributed by atoms with Crippen LogP contribution in [0.2, 0.25) is 10.0 Å². The summed E-state index contributed by atoms with van der Waals surface area (Å²) in [6.07, 6.45) is 1.17. The van der Waals surface area contributed by atoms with Gasteiger partial charge in [-0.1, -0.05) is 23.2 Å². The molecule has 0 radical (unpaired) electrons. The van der Waals surface area contributed by atoms with E-state index in [9.17, 15) is 8.78 Å². The fraction of sp³-hybridized carbons (Fsp3) is 0. The minimum Gasteiger partial charge on any atom is -0.226 e. The molecule has 0 fully saturated rings. The lowest BCUT2D eigenvalue weighted by Gasteiger charge is -2.06. The molecule has 16 heavy (non-hydrogen) atoms. The van der Waals surface area contributed by atoms with E-state index in [-0.39, 0.29) is 5.56 Å². The van der Waals surface area contributed by atoms with Gasteiger partial charge in [-0.05, 0) is 24.3 Å². The molecule has 0 amide bonds. The topological polar surface area (TPSA) is 12.9 Å². The monoisotopic (exact) mass is 259 g/mol. The van der Waals surface area contributed by atoms with Crippen LogP contribution in [0.3, 0.4) is 0 Å². The van der Waals surface area contributed by atoms with E-state index in [2.05, 4.69) is 4.98 Å². The molecule has 82 valence electrons. The molecule has 0 aliphatic heterocycles. The number of pyridine rings is 1. The van der Waals surface area contributed by atoms with Gasteiger partial charge in [0.2, 0.25) is 5.95 Å². The van der Waals surface area contributed by atoms with Gasteiger partial charge in [0.05, 0.1) is 0 Å². The minimum absolute atomic E-state index is 0.0417. The second-order valence-electron chi connectivity index (χ2n) is 3.09. The van der Waals surface area contributed by atoms with E-state index in [0.29, 0.717) is 15.6 Å². The molecular formula is C11H5Cl2F2N. The molecule has 0 aliphatic carbocycles. The van der Waals surface area contributed by atoms with Crippen LogP contribution in [0.25, 0.3) is 11.1 Å². The molecule has 2 aromatic rings. The van der Waals surface area contributed by atoms with Crippen molar-refractivity contribution in [3.63, 3.8) is 0 Å². The standard InChI is InChI=1S/C11H5Cl2F2N/c12-6-1-2-9(13)8(5-6)7-3-4-16-11(15)10(7)14/h1-5H. The van der Waals surface area contributed by atoms with Crippen LogP contribution < -0.4 is 0 Å². The van der Waals surface area contributed by atoms with Crippen LogP contribution in [0.15, 0.2) is 30.5 Å². The summed E-state index contributed by atoms with van der Waals surface area (Å²) < 4.78 is 26.4. The van der Waals surface area contributed by atoms with Gasteiger partial charge in [-0.3, -0.25) is 0 Å². The van der Waals surface area contributed by atoms with Crippen molar-refractivity contribution in [2.45, 2.75) is 0 Å². The highest BCUT2D eigenvalue weighted by Crippen LogP contribution is 2.32. The Morgan fingerprint density at radius 2 is 1.75 bits per heavy atom. The molecule has 0 aliphatic rings. The second-order valence-corrected chi connectivity index (χ2v) is 3.93. The summed E-state index contributed by atoms with van der Waals surface area (Å²) in [7, 11) is 0. The molecule has 0 unspecified atom stereocenters. The van der Waals surface area contributed by atoms with Crippen LogP contribution in [0.1, 0.15) is 0 Å². The average Bonchev–Trinajstić information content (AvgIpc) is 2.26. The van der Waals surface area contributed by atoms with Crippen molar-refractivity contribution in [1.29, 1.82) is 0 Å². The Hall–Kier alpha value is -1.19. The zero-order valence-corrected chi connectivity index (χ0v) is 9.36. The number of halogens is 4. The predicted molar refractivity (Wildman–Crippen MR) is 59.6 cm³/mol. The molecule has 0 atom stereocenters. The number of aromatic nitrogens is 1. The Morgan fingerprint density at radius 1 is 1.00 bits per heavy atom. The van der Waals surface area contributed by atoms with Gasteiger partial charge in [0, 0.05) is 27.4 Å². The van der Waals surface area contributed by atoms with Crippen molar-refractivity contribution in [1.82, 2.24) is 4.98 Å². The third-order valence-corrected chi connectivity index (χ3v) is 2.63. The van der Waals surface area contributed by atoms with Gasteiger partial charge < -0.3 is 0 Å². The van der Waals surface area contributed by atoms with Crippen LogP contribution in [-0.4, -0.2) is 4.98 Å². The van der Waals surface area contributed by atoms with E-state index in [1.54, 1.807) is 6.07 Å². The van der Waals surface area contributed by atoms with E-state index in [1.807, 2.05) is 0 Å². The average molecular weight is 260 g/mol. The van der Waals surface area contributed by atoms with Crippen LogP contribution >= 0.6 is 23.2 Å². The molecule has 1 nitrogen and oxygen atoms in total. The number of rotatable bonds is 1. The highest BCUT2D eigenvalue weighted by molar-refractivity contribution is 6.35. The Labute approximate surface area is 101 Å². The molecule has 2 rings (SSSR count). The van der Waals surface area contributed by atoms with E-state index >= 15 is 0 Å².